The van der Waals surface area contributed by atoms with Gasteiger partial charge in [-0.3, -0.25) is 5.43 Å². The molecule has 0 aliphatic carbocycles. The molecular weight excluding hydrogens is 288 g/mol. The molecule has 0 unspecified atom stereocenters. The molecule has 0 aliphatic rings. The molecule has 0 atom stereocenters. The quantitative estimate of drug-likeness (QED) is 0.562. The van der Waals surface area contributed by atoms with E-state index >= 15 is 0 Å². The second-order valence-corrected chi connectivity index (χ2v) is 4.79. The normalized spacial score (nSPS) is 10.3. The van der Waals surface area contributed by atoms with Crippen molar-refractivity contribution in [2.45, 2.75) is 13.8 Å². The minimum Gasteiger partial charge on any atom is -0.372 e. The van der Waals surface area contributed by atoms with Crippen LogP contribution in [0.3, 0.4) is 0 Å². The fraction of sp³-hybridized carbons (Fsp3) is 0.286. The Morgan fingerprint density at radius 2 is 1.86 bits per heavy atom. The van der Waals surface area contributed by atoms with Crippen molar-refractivity contribution < 1.29 is 0 Å². The summed E-state index contributed by atoms with van der Waals surface area (Å²) < 4.78 is 0. The molecule has 0 aliphatic heterocycles. The SMILES string of the molecule is CCN(CC)c1ccc(Nc2nc(NN)ncc2Cl)cc1. The van der Waals surface area contributed by atoms with Gasteiger partial charge in [0.05, 0.1) is 6.20 Å². The molecule has 6 nitrogen and oxygen atoms in total. The van der Waals surface area contributed by atoms with Crippen molar-refractivity contribution in [2.75, 3.05) is 28.7 Å². The Labute approximate surface area is 129 Å². The highest BCUT2D eigenvalue weighted by Crippen LogP contribution is 2.25. The van der Waals surface area contributed by atoms with E-state index in [2.05, 4.69) is 51.6 Å². The summed E-state index contributed by atoms with van der Waals surface area (Å²) in [6, 6.07) is 8.10. The molecule has 112 valence electrons. The predicted molar refractivity (Wildman–Crippen MR) is 88.1 cm³/mol. The van der Waals surface area contributed by atoms with Crippen LogP contribution < -0.4 is 21.5 Å². The highest BCUT2D eigenvalue weighted by molar-refractivity contribution is 6.32. The van der Waals surface area contributed by atoms with Gasteiger partial charge in [-0.15, -0.1) is 0 Å². The van der Waals surface area contributed by atoms with E-state index in [1.54, 1.807) is 0 Å². The maximum atomic E-state index is 6.07. The van der Waals surface area contributed by atoms with Crippen LogP contribution >= 0.6 is 11.6 Å². The molecule has 21 heavy (non-hydrogen) atoms. The topological polar surface area (TPSA) is 79.1 Å². The number of nitrogens with zero attached hydrogens (tertiary/aromatic N) is 3. The molecule has 0 radical (unpaired) electrons. The number of nitrogens with two attached hydrogens (primary N) is 1. The summed E-state index contributed by atoms with van der Waals surface area (Å²) in [6.45, 7) is 6.23. The van der Waals surface area contributed by atoms with Crippen molar-refractivity contribution in [3.63, 3.8) is 0 Å². The Bertz CT molecular complexity index is 583. The fourth-order valence-electron chi connectivity index (χ4n) is 2.01. The van der Waals surface area contributed by atoms with Crippen LogP contribution in [0.1, 0.15) is 13.8 Å². The average molecular weight is 307 g/mol. The summed E-state index contributed by atoms with van der Waals surface area (Å²) in [5.41, 5.74) is 4.47. The summed E-state index contributed by atoms with van der Waals surface area (Å²) in [5, 5.41) is 3.58. The largest absolute Gasteiger partial charge is 0.372 e. The fourth-order valence-corrected chi connectivity index (χ4v) is 2.14. The monoisotopic (exact) mass is 306 g/mol. The number of hydrogen-bond donors (Lipinski definition) is 3. The first-order valence-corrected chi connectivity index (χ1v) is 7.16. The molecule has 0 saturated heterocycles. The Hall–Kier alpha value is -2.05. The number of aromatic nitrogens is 2. The van der Waals surface area contributed by atoms with Gasteiger partial charge in [-0.05, 0) is 38.1 Å². The second-order valence-electron chi connectivity index (χ2n) is 4.38. The molecule has 0 spiro atoms. The number of halogens is 1. The van der Waals surface area contributed by atoms with Crippen molar-refractivity contribution in [1.29, 1.82) is 0 Å². The van der Waals surface area contributed by atoms with Crippen molar-refractivity contribution >= 4 is 34.7 Å². The summed E-state index contributed by atoms with van der Waals surface area (Å²) in [7, 11) is 0. The van der Waals surface area contributed by atoms with E-state index in [4.69, 9.17) is 17.4 Å². The number of nitrogen functional groups attached to an aromatic ring is 1. The van der Waals surface area contributed by atoms with Crippen LogP contribution in [0.25, 0.3) is 0 Å². The molecule has 4 N–H and O–H groups in total. The number of hydrazine groups is 1. The molecule has 0 fully saturated rings. The zero-order valence-corrected chi connectivity index (χ0v) is 12.9. The van der Waals surface area contributed by atoms with Gasteiger partial charge in [-0.2, -0.15) is 4.98 Å². The molecule has 1 heterocycles. The predicted octanol–water partition coefficient (Wildman–Crippen LogP) is 3.01. The average Bonchev–Trinajstić information content (AvgIpc) is 2.52. The van der Waals surface area contributed by atoms with Gasteiger partial charge >= 0.3 is 0 Å². The zero-order chi connectivity index (χ0) is 15.2. The summed E-state index contributed by atoms with van der Waals surface area (Å²) in [6.07, 6.45) is 1.50. The van der Waals surface area contributed by atoms with Gasteiger partial charge in [0.1, 0.15) is 5.02 Å². The third-order valence-corrected chi connectivity index (χ3v) is 3.41. The lowest BCUT2D eigenvalue weighted by Gasteiger charge is -2.21. The minimum absolute atomic E-state index is 0.307. The number of nitrogens with one attached hydrogen (secondary N) is 2. The molecule has 0 bridgehead atoms. The first kappa shape index (κ1) is 15.3. The van der Waals surface area contributed by atoms with Crippen molar-refractivity contribution in [2.24, 2.45) is 5.84 Å². The molecule has 1 aromatic carbocycles. The van der Waals surface area contributed by atoms with Crippen LogP contribution in [-0.4, -0.2) is 23.1 Å². The Kier molecular flexibility index (Phi) is 5.19. The van der Waals surface area contributed by atoms with Gasteiger partial charge < -0.3 is 10.2 Å². The van der Waals surface area contributed by atoms with Gasteiger partial charge in [0, 0.05) is 24.5 Å². The standard InChI is InChI=1S/C14H19ClN6/c1-3-21(4-2)11-7-5-10(6-8-11)18-13-12(15)9-17-14(19-13)20-16/h5-9H,3-4,16H2,1-2H3,(H2,17,18,19,20). The Morgan fingerprint density at radius 1 is 1.19 bits per heavy atom. The summed E-state index contributed by atoms with van der Waals surface area (Å²) in [5.74, 6) is 6.11. The van der Waals surface area contributed by atoms with E-state index in [0.717, 1.165) is 18.8 Å². The maximum absolute atomic E-state index is 6.07. The minimum atomic E-state index is 0.307. The molecule has 1 aromatic heterocycles. The van der Waals surface area contributed by atoms with Gasteiger partial charge in [-0.1, -0.05) is 11.6 Å². The molecule has 0 saturated carbocycles. The van der Waals surface area contributed by atoms with E-state index in [0.29, 0.717) is 16.8 Å². The van der Waals surface area contributed by atoms with Crippen LogP contribution in [0.2, 0.25) is 5.02 Å². The smallest absolute Gasteiger partial charge is 0.239 e. The van der Waals surface area contributed by atoms with E-state index in [1.165, 1.54) is 11.9 Å². The molecule has 2 aromatic rings. The van der Waals surface area contributed by atoms with Gasteiger partial charge in [0.2, 0.25) is 5.95 Å². The second kappa shape index (κ2) is 7.10. The number of hydrogen-bond acceptors (Lipinski definition) is 6. The number of rotatable bonds is 6. The molecule has 0 amide bonds. The number of benzene rings is 1. The highest BCUT2D eigenvalue weighted by atomic mass is 35.5. The first-order valence-electron chi connectivity index (χ1n) is 6.79. The molecular formula is C14H19ClN6. The van der Waals surface area contributed by atoms with Crippen molar-refractivity contribution in [3.8, 4) is 0 Å². The van der Waals surface area contributed by atoms with Gasteiger partial charge in [0.15, 0.2) is 5.82 Å². The Balaban J connectivity index is 2.17. The summed E-state index contributed by atoms with van der Waals surface area (Å²) in [4.78, 5) is 10.4. The van der Waals surface area contributed by atoms with E-state index in [9.17, 15) is 0 Å². The maximum Gasteiger partial charge on any atom is 0.239 e. The lowest BCUT2D eigenvalue weighted by atomic mass is 10.2. The van der Waals surface area contributed by atoms with Crippen LogP contribution in [-0.2, 0) is 0 Å². The molecule has 7 heteroatoms. The van der Waals surface area contributed by atoms with E-state index in [-0.39, 0.29) is 0 Å². The lowest BCUT2D eigenvalue weighted by molar-refractivity contribution is 0.866. The van der Waals surface area contributed by atoms with Crippen LogP contribution in [0.4, 0.5) is 23.1 Å². The van der Waals surface area contributed by atoms with Crippen molar-refractivity contribution in [1.82, 2.24) is 9.97 Å². The lowest BCUT2D eigenvalue weighted by Crippen LogP contribution is -2.21. The highest BCUT2D eigenvalue weighted by Gasteiger charge is 2.06. The third-order valence-electron chi connectivity index (χ3n) is 3.13. The van der Waals surface area contributed by atoms with Gasteiger partial charge in [-0.25, -0.2) is 10.8 Å². The van der Waals surface area contributed by atoms with Crippen LogP contribution in [0.15, 0.2) is 30.5 Å². The zero-order valence-electron chi connectivity index (χ0n) is 12.1. The van der Waals surface area contributed by atoms with E-state index < -0.39 is 0 Å². The van der Waals surface area contributed by atoms with E-state index in [1.807, 2.05) is 12.1 Å². The van der Waals surface area contributed by atoms with Crippen molar-refractivity contribution in [3.05, 3.63) is 35.5 Å². The molecule has 2 rings (SSSR count). The van der Waals surface area contributed by atoms with Gasteiger partial charge in [0.25, 0.3) is 0 Å². The van der Waals surface area contributed by atoms with Crippen LogP contribution in [0.5, 0.6) is 0 Å². The first-order chi connectivity index (χ1) is 10.2. The third kappa shape index (κ3) is 3.74. The Morgan fingerprint density at radius 3 is 2.43 bits per heavy atom. The number of anilines is 4. The summed E-state index contributed by atoms with van der Waals surface area (Å²) >= 11 is 6.07. The van der Waals surface area contributed by atoms with Crippen LogP contribution in [0, 0.1) is 0 Å².